The van der Waals surface area contributed by atoms with Gasteiger partial charge in [0.2, 0.25) is 0 Å². The summed E-state index contributed by atoms with van der Waals surface area (Å²) in [7, 11) is 0. The van der Waals surface area contributed by atoms with Crippen LogP contribution in [0.5, 0.6) is 0 Å². The van der Waals surface area contributed by atoms with Gasteiger partial charge in [0.15, 0.2) is 5.78 Å². The van der Waals surface area contributed by atoms with Crippen molar-refractivity contribution in [2.75, 3.05) is 0 Å². The highest BCUT2D eigenvalue weighted by Gasteiger charge is 2.14. The van der Waals surface area contributed by atoms with Gasteiger partial charge in [-0.25, -0.2) is 0 Å². The minimum atomic E-state index is 0.102. The van der Waals surface area contributed by atoms with E-state index in [-0.39, 0.29) is 5.78 Å². The lowest BCUT2D eigenvalue weighted by Crippen LogP contribution is -2.14. The van der Waals surface area contributed by atoms with Crippen LogP contribution in [0.1, 0.15) is 63.2 Å². The second-order valence-corrected chi connectivity index (χ2v) is 4.51. The van der Waals surface area contributed by atoms with Crippen LogP contribution in [0, 0.1) is 5.92 Å². The van der Waals surface area contributed by atoms with Crippen molar-refractivity contribution in [3.63, 3.8) is 0 Å². The first-order chi connectivity index (χ1) is 8.25. The molecule has 0 N–H and O–H groups in total. The summed E-state index contributed by atoms with van der Waals surface area (Å²) in [4.78, 5) is 11.1. The number of Topliss-reactive ketones (excluding diaryl/α,β-unsaturated/α-hetero) is 1. The number of hydrogen-bond acceptors (Lipinski definition) is 2. The summed E-state index contributed by atoms with van der Waals surface area (Å²) in [6.45, 7) is 6.56. The van der Waals surface area contributed by atoms with Gasteiger partial charge >= 0.3 is 0 Å². The van der Waals surface area contributed by atoms with Gasteiger partial charge in [-0.15, -0.1) is 0 Å². The molecule has 1 saturated carbocycles. The maximum atomic E-state index is 11.1. The van der Waals surface area contributed by atoms with Crippen LogP contribution in [0.15, 0.2) is 12.4 Å². The Labute approximate surface area is 104 Å². The first kappa shape index (κ1) is 13.9. The summed E-state index contributed by atoms with van der Waals surface area (Å²) in [6.07, 6.45) is 10.3. The van der Waals surface area contributed by atoms with Crippen molar-refractivity contribution in [2.45, 2.75) is 59.4 Å². The van der Waals surface area contributed by atoms with Crippen molar-refractivity contribution in [1.29, 1.82) is 0 Å². The van der Waals surface area contributed by atoms with Gasteiger partial charge < -0.3 is 0 Å². The van der Waals surface area contributed by atoms with E-state index in [0.717, 1.165) is 18.0 Å². The number of nitrogens with zero attached hydrogens (tertiary/aromatic N) is 2. The molecule has 0 radical (unpaired) electrons. The molecule has 2 rings (SSSR count). The highest BCUT2D eigenvalue weighted by atomic mass is 16.1. The van der Waals surface area contributed by atoms with E-state index in [1.807, 2.05) is 24.7 Å². The third-order valence-electron chi connectivity index (χ3n) is 3.21. The third-order valence-corrected chi connectivity index (χ3v) is 3.21. The number of hydrogen-bond donors (Lipinski definition) is 0. The molecule has 96 valence electrons. The topological polar surface area (TPSA) is 34.9 Å². The zero-order valence-electron chi connectivity index (χ0n) is 11.3. The molecule has 3 nitrogen and oxygen atoms in total. The highest BCUT2D eigenvalue weighted by Crippen LogP contribution is 2.24. The Morgan fingerprint density at radius 2 is 2.00 bits per heavy atom. The van der Waals surface area contributed by atoms with Gasteiger partial charge in [0, 0.05) is 12.7 Å². The first-order valence-electron chi connectivity index (χ1n) is 6.79. The molecule has 1 fully saturated rings. The van der Waals surface area contributed by atoms with Crippen molar-refractivity contribution >= 4 is 5.78 Å². The predicted octanol–water partition coefficient (Wildman–Crippen LogP) is 3.69. The molecule has 0 unspecified atom stereocenters. The summed E-state index contributed by atoms with van der Waals surface area (Å²) < 4.78 is 1.92. The second kappa shape index (κ2) is 7.25. The van der Waals surface area contributed by atoms with E-state index in [4.69, 9.17) is 0 Å². The molecule has 0 spiro atoms. The monoisotopic (exact) mass is 236 g/mol. The Balaban J connectivity index is 0.000000686. The second-order valence-electron chi connectivity index (χ2n) is 4.51. The van der Waals surface area contributed by atoms with Crippen LogP contribution in [-0.2, 0) is 6.54 Å². The molecular formula is C14H24N2O. The van der Waals surface area contributed by atoms with E-state index in [2.05, 4.69) is 5.10 Å². The lowest BCUT2D eigenvalue weighted by Gasteiger charge is -2.21. The number of rotatable bonds is 3. The quantitative estimate of drug-likeness (QED) is 0.750. The molecule has 0 aromatic carbocycles. The molecule has 0 bridgehead atoms. The smallest absolute Gasteiger partial charge is 0.162 e. The molecule has 3 heteroatoms. The van der Waals surface area contributed by atoms with Gasteiger partial charge in [-0.05, 0) is 25.7 Å². The molecule has 0 saturated heterocycles. The summed E-state index contributed by atoms with van der Waals surface area (Å²) >= 11 is 0. The van der Waals surface area contributed by atoms with Crippen molar-refractivity contribution in [1.82, 2.24) is 9.78 Å². The lowest BCUT2D eigenvalue weighted by molar-refractivity contribution is 0.101. The van der Waals surface area contributed by atoms with Crippen LogP contribution in [-0.4, -0.2) is 15.6 Å². The van der Waals surface area contributed by atoms with E-state index in [0.29, 0.717) is 0 Å². The SMILES string of the molecule is CC.CC(=O)c1cnn(CC2CCCCC2)c1. The van der Waals surface area contributed by atoms with Gasteiger partial charge in [0.05, 0.1) is 11.8 Å². The fourth-order valence-electron chi connectivity index (χ4n) is 2.28. The van der Waals surface area contributed by atoms with E-state index in [1.54, 1.807) is 13.1 Å². The van der Waals surface area contributed by atoms with Crippen LogP contribution in [0.4, 0.5) is 0 Å². The standard InChI is InChI=1S/C12H18N2O.C2H6/c1-10(15)12-7-13-14(9-12)8-11-5-3-2-4-6-11;1-2/h7,9,11H,2-6,8H2,1H3;1-2H3. The molecule has 1 heterocycles. The first-order valence-corrected chi connectivity index (χ1v) is 6.79. The maximum Gasteiger partial charge on any atom is 0.162 e. The van der Waals surface area contributed by atoms with Gasteiger partial charge in [0.25, 0.3) is 0 Å². The fraction of sp³-hybridized carbons (Fsp3) is 0.714. The van der Waals surface area contributed by atoms with Crippen molar-refractivity contribution in [2.24, 2.45) is 5.92 Å². The fourth-order valence-corrected chi connectivity index (χ4v) is 2.28. The van der Waals surface area contributed by atoms with Gasteiger partial charge in [0.1, 0.15) is 0 Å². The summed E-state index contributed by atoms with van der Waals surface area (Å²) in [6, 6.07) is 0. The number of ketones is 1. The van der Waals surface area contributed by atoms with E-state index < -0.39 is 0 Å². The van der Waals surface area contributed by atoms with Crippen LogP contribution in [0.25, 0.3) is 0 Å². The summed E-state index contributed by atoms with van der Waals surface area (Å²) in [5, 5.41) is 4.23. The van der Waals surface area contributed by atoms with Crippen molar-refractivity contribution in [3.05, 3.63) is 18.0 Å². The Bertz CT molecular complexity index is 338. The molecule has 1 aliphatic rings. The molecule has 0 atom stereocenters. The van der Waals surface area contributed by atoms with E-state index in [9.17, 15) is 4.79 Å². The molecule has 0 amide bonds. The minimum absolute atomic E-state index is 0.102. The number of carbonyl (C=O) groups excluding carboxylic acids is 1. The highest BCUT2D eigenvalue weighted by molar-refractivity contribution is 5.93. The van der Waals surface area contributed by atoms with Gasteiger partial charge in [-0.3, -0.25) is 9.48 Å². The maximum absolute atomic E-state index is 11.1. The molecule has 0 aliphatic heterocycles. The summed E-state index contributed by atoms with van der Waals surface area (Å²) in [5.74, 6) is 0.864. The summed E-state index contributed by atoms with van der Waals surface area (Å²) in [5.41, 5.74) is 0.728. The largest absolute Gasteiger partial charge is 0.294 e. The molecule has 1 aromatic heterocycles. The van der Waals surface area contributed by atoms with Gasteiger partial charge in [-0.1, -0.05) is 33.1 Å². The third kappa shape index (κ3) is 4.33. The van der Waals surface area contributed by atoms with Crippen LogP contribution in [0.2, 0.25) is 0 Å². The van der Waals surface area contributed by atoms with Crippen LogP contribution in [0.3, 0.4) is 0 Å². The van der Waals surface area contributed by atoms with Crippen LogP contribution < -0.4 is 0 Å². The minimum Gasteiger partial charge on any atom is -0.294 e. The van der Waals surface area contributed by atoms with E-state index >= 15 is 0 Å². The number of carbonyl (C=O) groups is 1. The van der Waals surface area contributed by atoms with Crippen molar-refractivity contribution < 1.29 is 4.79 Å². The predicted molar refractivity (Wildman–Crippen MR) is 70.2 cm³/mol. The lowest BCUT2D eigenvalue weighted by atomic mass is 9.89. The Morgan fingerprint density at radius 3 is 2.53 bits per heavy atom. The van der Waals surface area contributed by atoms with Crippen LogP contribution >= 0.6 is 0 Å². The Morgan fingerprint density at radius 1 is 1.35 bits per heavy atom. The van der Waals surface area contributed by atoms with E-state index in [1.165, 1.54) is 32.1 Å². The molecule has 17 heavy (non-hydrogen) atoms. The molecule has 1 aromatic rings. The normalized spacial score (nSPS) is 16.2. The average molecular weight is 236 g/mol. The van der Waals surface area contributed by atoms with Gasteiger partial charge in [-0.2, -0.15) is 5.10 Å². The zero-order valence-corrected chi connectivity index (χ0v) is 11.3. The zero-order chi connectivity index (χ0) is 12.7. The molecule has 1 aliphatic carbocycles. The Kier molecular flexibility index (Phi) is 5.95. The Hall–Kier alpha value is -1.12. The molecular weight excluding hydrogens is 212 g/mol. The van der Waals surface area contributed by atoms with Crippen molar-refractivity contribution in [3.8, 4) is 0 Å². The number of aromatic nitrogens is 2. The average Bonchev–Trinajstić information content (AvgIpc) is 2.82.